The summed E-state index contributed by atoms with van der Waals surface area (Å²) in [6.07, 6.45) is 12.2. The normalized spacial score (nSPS) is 19.1. The molecule has 162 valence electrons. The number of hydrogen-bond acceptors (Lipinski definition) is 6. The Hall–Kier alpha value is -1.89. The van der Waals surface area contributed by atoms with Crippen LogP contribution in [-0.2, 0) is 0 Å². The molecule has 0 unspecified atom stereocenters. The first-order valence-corrected chi connectivity index (χ1v) is 11.5. The van der Waals surface area contributed by atoms with Gasteiger partial charge in [0.15, 0.2) is 0 Å². The third-order valence-corrected chi connectivity index (χ3v) is 6.18. The van der Waals surface area contributed by atoms with E-state index in [1.54, 1.807) is 6.20 Å². The molecule has 2 fully saturated rings. The Morgan fingerprint density at radius 3 is 2.66 bits per heavy atom. The van der Waals surface area contributed by atoms with Gasteiger partial charge in [0, 0.05) is 25.3 Å². The number of carbonyl (C=O) groups is 1. The van der Waals surface area contributed by atoms with Crippen molar-refractivity contribution in [2.75, 3.05) is 43.9 Å². The van der Waals surface area contributed by atoms with Crippen molar-refractivity contribution < 1.29 is 4.79 Å². The van der Waals surface area contributed by atoms with Gasteiger partial charge < -0.3 is 20.9 Å². The Kier molecular flexibility index (Phi) is 8.52. The molecular weight excluding hydrogens is 364 g/mol. The molecule has 1 saturated carbocycles. The number of hydrogen-bond donors (Lipinski definition) is 3. The van der Waals surface area contributed by atoms with Gasteiger partial charge in [0.2, 0.25) is 5.95 Å². The number of carbonyl (C=O) groups excluding carboxylic acids is 1. The molecule has 2 heterocycles. The maximum absolute atomic E-state index is 12.9. The lowest BCUT2D eigenvalue weighted by molar-refractivity contribution is 0.0939. The number of aromatic nitrogens is 2. The van der Waals surface area contributed by atoms with Crippen LogP contribution in [0.3, 0.4) is 0 Å². The Morgan fingerprint density at radius 2 is 1.93 bits per heavy atom. The van der Waals surface area contributed by atoms with Crippen LogP contribution in [0.1, 0.15) is 75.1 Å². The number of piperidine rings is 1. The van der Waals surface area contributed by atoms with E-state index in [1.165, 1.54) is 19.3 Å². The van der Waals surface area contributed by atoms with Crippen LogP contribution in [0, 0.1) is 5.92 Å². The van der Waals surface area contributed by atoms with E-state index < -0.39 is 0 Å². The van der Waals surface area contributed by atoms with Crippen LogP contribution < -0.4 is 16.0 Å². The molecule has 0 radical (unpaired) electrons. The van der Waals surface area contributed by atoms with Gasteiger partial charge in [-0.25, -0.2) is 4.98 Å². The number of amides is 1. The predicted octanol–water partition coefficient (Wildman–Crippen LogP) is 3.50. The molecule has 7 heteroatoms. The molecule has 1 aromatic heterocycles. The quantitative estimate of drug-likeness (QED) is 0.549. The third-order valence-electron chi connectivity index (χ3n) is 6.18. The van der Waals surface area contributed by atoms with Crippen LogP contribution in [0.5, 0.6) is 0 Å². The summed E-state index contributed by atoms with van der Waals surface area (Å²) in [5, 5.41) is 9.96. The highest BCUT2D eigenvalue weighted by Crippen LogP contribution is 2.23. The number of unbranched alkanes of at least 4 members (excludes halogenated alkanes) is 1. The Bertz CT molecular complexity index is 638. The van der Waals surface area contributed by atoms with Crippen LogP contribution in [0.4, 0.5) is 11.8 Å². The molecule has 1 aliphatic heterocycles. The summed E-state index contributed by atoms with van der Waals surface area (Å²) in [7, 11) is 2.16. The molecule has 1 aliphatic carbocycles. The molecule has 0 aromatic carbocycles. The maximum atomic E-state index is 12.9. The van der Waals surface area contributed by atoms with Gasteiger partial charge in [-0.1, -0.05) is 32.6 Å². The minimum atomic E-state index is -0.0673. The fourth-order valence-electron chi connectivity index (χ4n) is 4.16. The first-order chi connectivity index (χ1) is 14.2. The average Bonchev–Trinajstić information content (AvgIpc) is 2.74. The molecule has 0 bridgehead atoms. The third kappa shape index (κ3) is 6.84. The summed E-state index contributed by atoms with van der Waals surface area (Å²) in [4.78, 5) is 24.3. The van der Waals surface area contributed by atoms with Crippen molar-refractivity contribution in [2.24, 2.45) is 5.92 Å². The second kappa shape index (κ2) is 11.3. The molecule has 3 N–H and O–H groups in total. The summed E-state index contributed by atoms with van der Waals surface area (Å²) in [5.41, 5.74) is 0.560. The molecule has 1 amide bonds. The number of anilines is 2. The van der Waals surface area contributed by atoms with Gasteiger partial charge in [0.05, 0.1) is 0 Å². The first kappa shape index (κ1) is 21.8. The van der Waals surface area contributed by atoms with E-state index in [-0.39, 0.29) is 5.91 Å². The number of nitrogens with one attached hydrogen (secondary N) is 3. The monoisotopic (exact) mass is 402 g/mol. The molecule has 29 heavy (non-hydrogen) atoms. The van der Waals surface area contributed by atoms with Crippen molar-refractivity contribution in [3.63, 3.8) is 0 Å². The molecule has 2 aliphatic rings. The van der Waals surface area contributed by atoms with Crippen molar-refractivity contribution >= 4 is 17.7 Å². The largest absolute Gasteiger partial charge is 0.367 e. The fraction of sp³-hybridized carbons (Fsp3) is 0.773. The van der Waals surface area contributed by atoms with Crippen LogP contribution in [0.2, 0.25) is 0 Å². The Morgan fingerprint density at radius 1 is 1.17 bits per heavy atom. The van der Waals surface area contributed by atoms with E-state index in [9.17, 15) is 4.79 Å². The molecule has 0 atom stereocenters. The molecule has 3 rings (SSSR count). The number of nitrogens with zero attached hydrogens (tertiary/aromatic N) is 3. The fourth-order valence-corrected chi connectivity index (χ4v) is 4.16. The second-order valence-corrected chi connectivity index (χ2v) is 8.67. The van der Waals surface area contributed by atoms with Crippen LogP contribution in [0.25, 0.3) is 0 Å². The summed E-state index contributed by atoms with van der Waals surface area (Å²) in [6, 6.07) is 0.391. The highest BCUT2D eigenvalue weighted by Gasteiger charge is 2.22. The van der Waals surface area contributed by atoms with Gasteiger partial charge in [0.25, 0.3) is 5.91 Å². The summed E-state index contributed by atoms with van der Waals surface area (Å²) in [5.74, 6) is 1.76. The SMILES string of the molecule is CCCCNc1ncc(C(=O)NCC2CCN(C)CC2)c(NC2CCCCC2)n1. The highest BCUT2D eigenvalue weighted by atomic mass is 16.1. The first-order valence-electron chi connectivity index (χ1n) is 11.5. The van der Waals surface area contributed by atoms with E-state index >= 15 is 0 Å². The lowest BCUT2D eigenvalue weighted by atomic mass is 9.95. The van der Waals surface area contributed by atoms with Crippen molar-refractivity contribution in [3.8, 4) is 0 Å². The van der Waals surface area contributed by atoms with E-state index in [0.717, 1.165) is 64.7 Å². The Balaban J connectivity index is 1.64. The molecular formula is C22H38N6O. The zero-order valence-electron chi connectivity index (χ0n) is 18.2. The lowest BCUT2D eigenvalue weighted by Crippen LogP contribution is -2.37. The van der Waals surface area contributed by atoms with Gasteiger partial charge in [-0.3, -0.25) is 4.79 Å². The summed E-state index contributed by atoms with van der Waals surface area (Å²) in [6.45, 7) is 5.95. The van der Waals surface area contributed by atoms with Crippen LogP contribution >= 0.6 is 0 Å². The van der Waals surface area contributed by atoms with Gasteiger partial charge in [-0.2, -0.15) is 4.98 Å². The minimum Gasteiger partial charge on any atom is -0.367 e. The maximum Gasteiger partial charge on any atom is 0.256 e. The van der Waals surface area contributed by atoms with E-state index in [2.05, 4.69) is 44.8 Å². The molecule has 7 nitrogen and oxygen atoms in total. The molecule has 0 spiro atoms. The van der Waals surface area contributed by atoms with Crippen molar-refractivity contribution in [3.05, 3.63) is 11.8 Å². The standard InChI is InChI=1S/C22H38N6O/c1-3-4-12-23-22-25-16-19(20(27-22)26-18-8-6-5-7-9-18)21(29)24-15-17-10-13-28(2)14-11-17/h16-18H,3-15H2,1-2H3,(H,24,29)(H2,23,25,26,27). The molecule has 1 aromatic rings. The van der Waals surface area contributed by atoms with Crippen molar-refractivity contribution in [2.45, 2.75) is 70.8 Å². The topological polar surface area (TPSA) is 82.2 Å². The number of likely N-dealkylation sites (tertiary alicyclic amines) is 1. The molecule has 1 saturated heterocycles. The van der Waals surface area contributed by atoms with Crippen molar-refractivity contribution in [1.29, 1.82) is 0 Å². The van der Waals surface area contributed by atoms with Crippen molar-refractivity contribution in [1.82, 2.24) is 20.2 Å². The Labute approximate surface area is 175 Å². The van der Waals surface area contributed by atoms with E-state index in [0.29, 0.717) is 29.3 Å². The predicted molar refractivity (Wildman–Crippen MR) is 118 cm³/mol. The highest BCUT2D eigenvalue weighted by molar-refractivity contribution is 5.98. The van der Waals surface area contributed by atoms with Gasteiger partial charge >= 0.3 is 0 Å². The van der Waals surface area contributed by atoms with E-state index in [4.69, 9.17) is 0 Å². The van der Waals surface area contributed by atoms with Crippen LogP contribution in [0.15, 0.2) is 6.20 Å². The zero-order chi connectivity index (χ0) is 20.5. The summed E-state index contributed by atoms with van der Waals surface area (Å²) < 4.78 is 0. The van der Waals surface area contributed by atoms with Crippen LogP contribution in [-0.4, -0.2) is 60.0 Å². The van der Waals surface area contributed by atoms with Gasteiger partial charge in [0.1, 0.15) is 11.4 Å². The number of rotatable bonds is 9. The average molecular weight is 403 g/mol. The van der Waals surface area contributed by atoms with Gasteiger partial charge in [-0.15, -0.1) is 0 Å². The lowest BCUT2D eigenvalue weighted by Gasteiger charge is -2.29. The summed E-state index contributed by atoms with van der Waals surface area (Å²) >= 11 is 0. The smallest absolute Gasteiger partial charge is 0.256 e. The minimum absolute atomic E-state index is 0.0673. The zero-order valence-corrected chi connectivity index (χ0v) is 18.2. The van der Waals surface area contributed by atoms with Gasteiger partial charge in [-0.05, 0) is 58.2 Å². The second-order valence-electron chi connectivity index (χ2n) is 8.67. The van der Waals surface area contributed by atoms with E-state index in [1.807, 2.05) is 0 Å².